The standard InChI is InChI=1S/C17H16FN3O/c1-2-20(17(22)14-7-3-4-8-15(14)18)12-13-11-19-16-9-5-6-10-21(13)16/h3-11H,2,12H2,1H3. The SMILES string of the molecule is CCN(Cc1cnc2ccccn12)C(=O)c1ccccc1F. The second-order valence-electron chi connectivity index (χ2n) is 4.98. The minimum absolute atomic E-state index is 0.0955. The van der Waals surface area contributed by atoms with E-state index in [-0.39, 0.29) is 11.5 Å². The molecular weight excluding hydrogens is 281 g/mol. The summed E-state index contributed by atoms with van der Waals surface area (Å²) in [5.41, 5.74) is 1.81. The highest BCUT2D eigenvalue weighted by Crippen LogP contribution is 2.14. The number of nitrogens with zero attached hydrogens (tertiary/aromatic N) is 3. The van der Waals surface area contributed by atoms with E-state index in [2.05, 4.69) is 4.98 Å². The number of aromatic nitrogens is 2. The summed E-state index contributed by atoms with van der Waals surface area (Å²) in [5.74, 6) is -0.810. The van der Waals surface area contributed by atoms with E-state index in [1.165, 1.54) is 12.1 Å². The Morgan fingerprint density at radius 3 is 2.77 bits per heavy atom. The molecule has 4 nitrogen and oxygen atoms in total. The summed E-state index contributed by atoms with van der Waals surface area (Å²) in [6.45, 7) is 2.75. The minimum atomic E-state index is -0.496. The molecular formula is C17H16FN3O. The van der Waals surface area contributed by atoms with Crippen molar-refractivity contribution in [3.05, 3.63) is 71.9 Å². The fourth-order valence-electron chi connectivity index (χ4n) is 2.43. The van der Waals surface area contributed by atoms with Gasteiger partial charge in [-0.05, 0) is 31.2 Å². The summed E-state index contributed by atoms with van der Waals surface area (Å²) in [4.78, 5) is 18.4. The van der Waals surface area contributed by atoms with Gasteiger partial charge in [0.05, 0.1) is 24.0 Å². The van der Waals surface area contributed by atoms with Crippen LogP contribution in [0.25, 0.3) is 5.65 Å². The van der Waals surface area contributed by atoms with E-state index in [9.17, 15) is 9.18 Å². The number of benzene rings is 1. The fourth-order valence-corrected chi connectivity index (χ4v) is 2.43. The lowest BCUT2D eigenvalue weighted by Gasteiger charge is -2.21. The number of amides is 1. The molecule has 3 aromatic rings. The second-order valence-corrected chi connectivity index (χ2v) is 4.98. The smallest absolute Gasteiger partial charge is 0.257 e. The zero-order valence-corrected chi connectivity index (χ0v) is 12.2. The Bertz CT molecular complexity index is 812. The number of pyridine rings is 1. The van der Waals surface area contributed by atoms with Crippen molar-refractivity contribution < 1.29 is 9.18 Å². The Hall–Kier alpha value is -2.69. The summed E-state index contributed by atoms with van der Waals surface area (Å²) in [5, 5.41) is 0. The molecule has 0 aliphatic heterocycles. The highest BCUT2D eigenvalue weighted by Gasteiger charge is 2.19. The van der Waals surface area contributed by atoms with E-state index in [1.54, 1.807) is 23.2 Å². The van der Waals surface area contributed by atoms with Crippen LogP contribution in [0, 0.1) is 5.82 Å². The van der Waals surface area contributed by atoms with Crippen LogP contribution in [0.15, 0.2) is 54.9 Å². The van der Waals surface area contributed by atoms with Crippen molar-refractivity contribution in [2.75, 3.05) is 6.54 Å². The first kappa shape index (κ1) is 14.3. The molecule has 0 fully saturated rings. The van der Waals surface area contributed by atoms with Gasteiger partial charge in [0.15, 0.2) is 0 Å². The molecule has 0 radical (unpaired) electrons. The monoisotopic (exact) mass is 297 g/mol. The van der Waals surface area contributed by atoms with Crippen LogP contribution in [0.4, 0.5) is 4.39 Å². The average molecular weight is 297 g/mol. The van der Waals surface area contributed by atoms with Crippen LogP contribution in [0.2, 0.25) is 0 Å². The van der Waals surface area contributed by atoms with Crippen molar-refractivity contribution in [1.29, 1.82) is 0 Å². The van der Waals surface area contributed by atoms with Gasteiger partial charge in [-0.15, -0.1) is 0 Å². The summed E-state index contributed by atoms with van der Waals surface area (Å²) >= 11 is 0. The Morgan fingerprint density at radius 2 is 2.00 bits per heavy atom. The summed E-state index contributed by atoms with van der Waals surface area (Å²) < 4.78 is 15.7. The molecule has 5 heteroatoms. The second kappa shape index (κ2) is 5.97. The Morgan fingerprint density at radius 1 is 1.23 bits per heavy atom. The van der Waals surface area contributed by atoms with Crippen molar-refractivity contribution in [1.82, 2.24) is 14.3 Å². The third-order valence-corrected chi connectivity index (χ3v) is 3.62. The maximum absolute atomic E-state index is 13.8. The predicted octanol–water partition coefficient (Wildman–Crippen LogP) is 3.14. The van der Waals surface area contributed by atoms with E-state index in [4.69, 9.17) is 0 Å². The van der Waals surface area contributed by atoms with Gasteiger partial charge in [-0.25, -0.2) is 9.37 Å². The number of hydrogen-bond acceptors (Lipinski definition) is 2. The summed E-state index contributed by atoms with van der Waals surface area (Å²) in [7, 11) is 0. The molecule has 0 N–H and O–H groups in total. The van der Waals surface area contributed by atoms with Gasteiger partial charge in [0.2, 0.25) is 0 Å². The highest BCUT2D eigenvalue weighted by molar-refractivity contribution is 5.94. The number of carbonyl (C=O) groups is 1. The number of carbonyl (C=O) groups excluding carboxylic acids is 1. The Labute approximate surface area is 127 Å². The lowest BCUT2D eigenvalue weighted by Crippen LogP contribution is -2.31. The summed E-state index contributed by atoms with van der Waals surface area (Å²) in [6, 6.07) is 11.8. The van der Waals surface area contributed by atoms with Gasteiger partial charge in [0.25, 0.3) is 5.91 Å². The first-order valence-corrected chi connectivity index (χ1v) is 7.15. The third-order valence-electron chi connectivity index (χ3n) is 3.62. The van der Waals surface area contributed by atoms with E-state index >= 15 is 0 Å². The zero-order chi connectivity index (χ0) is 15.5. The molecule has 2 heterocycles. The molecule has 22 heavy (non-hydrogen) atoms. The zero-order valence-electron chi connectivity index (χ0n) is 12.2. The summed E-state index contributed by atoms with van der Waals surface area (Å²) in [6.07, 6.45) is 3.64. The first-order chi connectivity index (χ1) is 10.7. The van der Waals surface area contributed by atoms with Gasteiger partial charge in [-0.3, -0.25) is 4.79 Å². The molecule has 0 saturated heterocycles. The lowest BCUT2D eigenvalue weighted by atomic mass is 10.2. The molecule has 0 atom stereocenters. The van der Waals surface area contributed by atoms with Crippen LogP contribution in [0.5, 0.6) is 0 Å². The van der Waals surface area contributed by atoms with E-state index in [0.29, 0.717) is 13.1 Å². The average Bonchev–Trinajstić information content (AvgIpc) is 2.95. The molecule has 0 aliphatic rings. The largest absolute Gasteiger partial charge is 0.333 e. The van der Waals surface area contributed by atoms with E-state index < -0.39 is 5.82 Å². The maximum Gasteiger partial charge on any atom is 0.257 e. The van der Waals surface area contributed by atoms with Crippen molar-refractivity contribution in [2.24, 2.45) is 0 Å². The molecule has 0 aliphatic carbocycles. The number of hydrogen-bond donors (Lipinski definition) is 0. The van der Waals surface area contributed by atoms with Gasteiger partial charge in [-0.1, -0.05) is 18.2 Å². The van der Waals surface area contributed by atoms with Crippen LogP contribution >= 0.6 is 0 Å². The van der Waals surface area contributed by atoms with Gasteiger partial charge in [0, 0.05) is 12.7 Å². The molecule has 0 bridgehead atoms. The highest BCUT2D eigenvalue weighted by atomic mass is 19.1. The number of rotatable bonds is 4. The van der Waals surface area contributed by atoms with Gasteiger partial charge < -0.3 is 9.30 Å². The van der Waals surface area contributed by atoms with Crippen LogP contribution < -0.4 is 0 Å². The van der Waals surface area contributed by atoms with Gasteiger partial charge in [-0.2, -0.15) is 0 Å². The molecule has 0 saturated carbocycles. The van der Waals surface area contributed by atoms with Crippen molar-refractivity contribution in [3.63, 3.8) is 0 Å². The Balaban J connectivity index is 1.89. The molecule has 3 rings (SSSR count). The van der Waals surface area contributed by atoms with Crippen molar-refractivity contribution >= 4 is 11.6 Å². The molecule has 112 valence electrons. The van der Waals surface area contributed by atoms with Gasteiger partial charge in [0.1, 0.15) is 11.5 Å². The molecule has 1 amide bonds. The lowest BCUT2D eigenvalue weighted by molar-refractivity contribution is 0.0745. The van der Waals surface area contributed by atoms with Crippen LogP contribution in [0.3, 0.4) is 0 Å². The predicted molar refractivity (Wildman–Crippen MR) is 82.0 cm³/mol. The fraction of sp³-hybridized carbons (Fsp3) is 0.176. The number of imidazole rings is 1. The van der Waals surface area contributed by atoms with Crippen LogP contribution in [-0.4, -0.2) is 26.7 Å². The number of halogens is 1. The Kier molecular flexibility index (Phi) is 3.87. The normalized spacial score (nSPS) is 10.8. The van der Waals surface area contributed by atoms with Gasteiger partial charge >= 0.3 is 0 Å². The molecule has 1 aromatic carbocycles. The van der Waals surface area contributed by atoms with E-state index in [1.807, 2.05) is 35.7 Å². The van der Waals surface area contributed by atoms with Crippen LogP contribution in [0.1, 0.15) is 23.0 Å². The molecule has 0 spiro atoms. The maximum atomic E-state index is 13.8. The van der Waals surface area contributed by atoms with E-state index in [0.717, 1.165) is 11.3 Å². The quantitative estimate of drug-likeness (QED) is 0.742. The van der Waals surface area contributed by atoms with Crippen molar-refractivity contribution in [3.8, 4) is 0 Å². The minimum Gasteiger partial charge on any atom is -0.333 e. The first-order valence-electron chi connectivity index (χ1n) is 7.15. The number of fused-ring (bicyclic) bond motifs is 1. The third kappa shape index (κ3) is 2.57. The van der Waals surface area contributed by atoms with Crippen molar-refractivity contribution in [2.45, 2.75) is 13.5 Å². The molecule has 2 aromatic heterocycles. The molecule has 0 unspecified atom stereocenters. The topological polar surface area (TPSA) is 37.6 Å². The van der Waals surface area contributed by atoms with Crippen LogP contribution in [-0.2, 0) is 6.54 Å².